The van der Waals surface area contributed by atoms with E-state index >= 15 is 0 Å². The van der Waals surface area contributed by atoms with E-state index in [4.69, 9.17) is 5.11 Å². The average Bonchev–Trinajstić information content (AvgIpc) is 2.95. The number of amides is 2. The first-order valence-electron chi connectivity index (χ1n) is 6.50. The fraction of sp³-hybridized carbons (Fsp3) is 0.846. The minimum atomic E-state index is -1.01. The largest absolute Gasteiger partial charge is 0.480 e. The van der Waals surface area contributed by atoms with Gasteiger partial charge < -0.3 is 15.7 Å². The molecule has 1 saturated carbocycles. The summed E-state index contributed by atoms with van der Waals surface area (Å²) >= 11 is 0. The number of urea groups is 1. The molecule has 2 atom stereocenters. The Hall–Kier alpha value is -1.26. The van der Waals surface area contributed by atoms with E-state index in [1.165, 1.54) is 12.8 Å². The van der Waals surface area contributed by atoms with Gasteiger partial charge in [-0.25, -0.2) is 9.59 Å². The quantitative estimate of drug-likeness (QED) is 0.703. The lowest BCUT2D eigenvalue weighted by molar-refractivity contribution is -0.141. The van der Waals surface area contributed by atoms with Gasteiger partial charge in [0.25, 0.3) is 0 Å². The molecule has 0 aromatic carbocycles. The predicted octanol–water partition coefficient (Wildman–Crippen LogP) is 1.97. The summed E-state index contributed by atoms with van der Waals surface area (Å²) in [5.41, 5.74) is -0.511. The van der Waals surface area contributed by atoms with Crippen LogP contribution in [0.15, 0.2) is 0 Å². The van der Waals surface area contributed by atoms with E-state index in [0.717, 1.165) is 12.3 Å². The third kappa shape index (κ3) is 4.94. The molecule has 0 heterocycles. The first kappa shape index (κ1) is 14.8. The lowest BCUT2D eigenvalue weighted by Gasteiger charge is -2.28. The van der Waals surface area contributed by atoms with Crippen LogP contribution in [-0.2, 0) is 4.79 Å². The van der Waals surface area contributed by atoms with Gasteiger partial charge in [-0.2, -0.15) is 0 Å². The van der Waals surface area contributed by atoms with Gasteiger partial charge in [0.1, 0.15) is 6.04 Å². The number of carboxylic acids is 1. The third-order valence-electron chi connectivity index (χ3n) is 3.15. The molecule has 1 fully saturated rings. The number of rotatable bonds is 5. The third-order valence-corrected chi connectivity index (χ3v) is 3.15. The second kappa shape index (κ2) is 5.59. The van der Waals surface area contributed by atoms with Crippen LogP contribution in [0.5, 0.6) is 0 Å². The van der Waals surface area contributed by atoms with Crippen LogP contribution in [-0.4, -0.2) is 29.2 Å². The highest BCUT2D eigenvalue weighted by Crippen LogP contribution is 2.33. The summed E-state index contributed by atoms with van der Waals surface area (Å²) in [6, 6.07) is -1.19. The molecule has 0 aromatic rings. The monoisotopic (exact) mass is 256 g/mol. The van der Waals surface area contributed by atoms with Crippen LogP contribution in [0.25, 0.3) is 0 Å². The molecule has 1 aliphatic rings. The van der Waals surface area contributed by atoms with Crippen LogP contribution in [0.2, 0.25) is 0 Å². The maximum Gasteiger partial charge on any atom is 0.326 e. The van der Waals surface area contributed by atoms with Gasteiger partial charge >= 0.3 is 12.0 Å². The Morgan fingerprint density at radius 2 is 1.83 bits per heavy atom. The molecule has 5 heteroatoms. The highest BCUT2D eigenvalue weighted by molar-refractivity contribution is 5.83. The summed E-state index contributed by atoms with van der Waals surface area (Å²) in [6.07, 6.45) is 3.46. The maximum absolute atomic E-state index is 11.7. The smallest absolute Gasteiger partial charge is 0.326 e. The van der Waals surface area contributed by atoms with E-state index in [1.807, 2.05) is 6.92 Å². The van der Waals surface area contributed by atoms with E-state index in [-0.39, 0.29) is 6.04 Å². The van der Waals surface area contributed by atoms with Crippen molar-refractivity contribution in [2.75, 3.05) is 0 Å². The number of carbonyl (C=O) groups is 2. The van der Waals surface area contributed by atoms with Crippen molar-refractivity contribution in [3.63, 3.8) is 0 Å². The van der Waals surface area contributed by atoms with Gasteiger partial charge in [0.2, 0.25) is 0 Å². The minimum Gasteiger partial charge on any atom is -0.480 e. The Morgan fingerprint density at radius 1 is 1.28 bits per heavy atom. The number of carboxylic acid groups (broad SMARTS) is 1. The second-order valence-corrected chi connectivity index (χ2v) is 6.34. The molecule has 5 nitrogen and oxygen atoms in total. The molecule has 2 amide bonds. The maximum atomic E-state index is 11.7. The van der Waals surface area contributed by atoms with Crippen LogP contribution in [0.3, 0.4) is 0 Å². The minimum absolute atomic E-state index is 0.0897. The van der Waals surface area contributed by atoms with Gasteiger partial charge in [-0.05, 0) is 24.7 Å². The molecule has 1 aliphatic carbocycles. The lowest BCUT2D eigenvalue weighted by Crippen LogP contribution is -2.53. The van der Waals surface area contributed by atoms with Gasteiger partial charge in [0, 0.05) is 6.04 Å². The summed E-state index contributed by atoms with van der Waals surface area (Å²) in [6.45, 7) is 7.32. The zero-order valence-electron chi connectivity index (χ0n) is 11.6. The molecule has 1 unspecified atom stereocenters. The summed E-state index contributed by atoms with van der Waals surface area (Å²) in [4.78, 5) is 22.8. The number of hydrogen-bond donors (Lipinski definition) is 3. The average molecular weight is 256 g/mol. The number of carbonyl (C=O) groups excluding carboxylic acids is 1. The van der Waals surface area contributed by atoms with Gasteiger partial charge in [0.05, 0.1) is 0 Å². The van der Waals surface area contributed by atoms with Crippen molar-refractivity contribution in [1.29, 1.82) is 0 Å². The molecule has 1 rings (SSSR count). The van der Waals surface area contributed by atoms with E-state index in [0.29, 0.717) is 0 Å². The molecular weight excluding hydrogens is 232 g/mol. The summed E-state index contributed by atoms with van der Waals surface area (Å²) in [7, 11) is 0. The summed E-state index contributed by atoms with van der Waals surface area (Å²) in [5.74, 6) is -0.273. The fourth-order valence-electron chi connectivity index (χ4n) is 1.96. The van der Waals surface area contributed by atoms with Gasteiger partial charge in [-0.1, -0.05) is 33.6 Å². The van der Waals surface area contributed by atoms with Crippen LogP contribution in [0.1, 0.15) is 47.0 Å². The van der Waals surface area contributed by atoms with Crippen molar-refractivity contribution < 1.29 is 14.7 Å². The Bertz CT molecular complexity index is 319. The van der Waals surface area contributed by atoms with Crippen molar-refractivity contribution in [1.82, 2.24) is 10.6 Å². The predicted molar refractivity (Wildman–Crippen MR) is 69.3 cm³/mol. The van der Waals surface area contributed by atoms with Crippen LogP contribution in [0, 0.1) is 11.3 Å². The van der Waals surface area contributed by atoms with Crippen molar-refractivity contribution in [2.45, 2.75) is 59.0 Å². The van der Waals surface area contributed by atoms with Crippen molar-refractivity contribution in [3.8, 4) is 0 Å². The summed E-state index contributed by atoms with van der Waals surface area (Å²) < 4.78 is 0. The molecular formula is C13H24N2O3. The second-order valence-electron chi connectivity index (χ2n) is 6.34. The number of aliphatic carboxylic acids is 1. The molecule has 0 aromatic heterocycles. The van der Waals surface area contributed by atoms with E-state index in [2.05, 4.69) is 10.6 Å². The van der Waals surface area contributed by atoms with Crippen molar-refractivity contribution >= 4 is 12.0 Å². The highest BCUT2D eigenvalue weighted by atomic mass is 16.4. The van der Waals surface area contributed by atoms with Gasteiger partial charge in [-0.15, -0.1) is 0 Å². The van der Waals surface area contributed by atoms with Crippen LogP contribution in [0.4, 0.5) is 4.79 Å². The molecule has 0 bridgehead atoms. The SMILES string of the molecule is CC(CC1CC1)NC(=O)N[C@@H](C(=O)O)C(C)(C)C. The molecule has 0 aliphatic heterocycles. The Morgan fingerprint density at radius 3 is 2.22 bits per heavy atom. The molecule has 3 N–H and O–H groups in total. The molecule has 104 valence electrons. The lowest BCUT2D eigenvalue weighted by atomic mass is 9.87. The fourth-order valence-corrected chi connectivity index (χ4v) is 1.96. The topological polar surface area (TPSA) is 78.4 Å². The first-order chi connectivity index (χ1) is 8.20. The zero-order valence-corrected chi connectivity index (χ0v) is 11.6. The van der Waals surface area contributed by atoms with E-state index in [9.17, 15) is 9.59 Å². The molecule has 0 radical (unpaired) electrons. The molecule has 0 spiro atoms. The van der Waals surface area contributed by atoms with Crippen LogP contribution < -0.4 is 10.6 Å². The molecule has 0 saturated heterocycles. The van der Waals surface area contributed by atoms with E-state index in [1.54, 1.807) is 20.8 Å². The first-order valence-corrected chi connectivity index (χ1v) is 6.50. The van der Waals surface area contributed by atoms with Crippen molar-refractivity contribution in [3.05, 3.63) is 0 Å². The Labute approximate surface area is 108 Å². The van der Waals surface area contributed by atoms with Crippen molar-refractivity contribution in [2.24, 2.45) is 11.3 Å². The number of hydrogen-bond acceptors (Lipinski definition) is 2. The Kier molecular flexibility index (Phi) is 4.59. The molecule has 18 heavy (non-hydrogen) atoms. The normalized spacial score (nSPS) is 18.9. The van der Waals surface area contributed by atoms with E-state index < -0.39 is 23.5 Å². The van der Waals surface area contributed by atoms with Gasteiger partial charge in [-0.3, -0.25) is 0 Å². The summed E-state index contributed by atoms with van der Waals surface area (Å²) in [5, 5.41) is 14.4. The zero-order chi connectivity index (χ0) is 13.9. The highest BCUT2D eigenvalue weighted by Gasteiger charge is 2.33. The Balaban J connectivity index is 2.42. The van der Waals surface area contributed by atoms with Gasteiger partial charge in [0.15, 0.2) is 0 Å². The number of nitrogens with one attached hydrogen (secondary N) is 2. The van der Waals surface area contributed by atoms with Crippen LogP contribution >= 0.6 is 0 Å². The standard InChI is InChI=1S/C13H24N2O3/c1-8(7-9-5-6-9)14-12(18)15-10(11(16)17)13(2,3)4/h8-10H,5-7H2,1-4H3,(H,16,17)(H2,14,15,18)/t8?,10-/m0/s1.